The van der Waals surface area contributed by atoms with Crippen molar-refractivity contribution in [2.45, 2.75) is 38.6 Å². The van der Waals surface area contributed by atoms with Crippen LogP contribution in [0.5, 0.6) is 0 Å². The van der Waals surface area contributed by atoms with Crippen LogP contribution in [0, 0.1) is 0 Å². The van der Waals surface area contributed by atoms with Gasteiger partial charge in [-0.2, -0.15) is 0 Å². The van der Waals surface area contributed by atoms with Crippen LogP contribution in [0.4, 0.5) is 0 Å². The molecule has 3 aromatic rings. The molecule has 1 amide bonds. The minimum atomic E-state index is -0.524. The van der Waals surface area contributed by atoms with E-state index in [1.165, 1.54) is 18.4 Å². The van der Waals surface area contributed by atoms with Crippen LogP contribution in [0.25, 0.3) is 11.0 Å². The molecule has 0 atom stereocenters. The largest absolute Gasteiger partial charge is 0.352 e. The van der Waals surface area contributed by atoms with Crippen LogP contribution in [-0.2, 0) is 13.6 Å². The number of benzene rings is 1. The van der Waals surface area contributed by atoms with Crippen LogP contribution in [-0.4, -0.2) is 26.6 Å². The average molecular weight is 406 g/mol. The van der Waals surface area contributed by atoms with Crippen LogP contribution < -0.4 is 16.6 Å². The molecule has 0 saturated heterocycles. The number of fused-ring (bicyclic) bond motifs is 1. The average Bonchev–Trinajstić information content (AvgIpc) is 3.09. The van der Waals surface area contributed by atoms with Gasteiger partial charge in [0.15, 0.2) is 0 Å². The summed E-state index contributed by atoms with van der Waals surface area (Å²) in [5.74, 6) is -0.284. The van der Waals surface area contributed by atoms with Crippen molar-refractivity contribution in [3.05, 3.63) is 80.1 Å². The standard InChI is InChI=1S/C23H26N4O3/c1-26-15-18(21(28)24-13-12-16-8-4-2-5-9-16)19-20(26)22(29)27(23(30)25-19)14-17-10-6-3-7-11-17/h3,6-8,10-11,15H,2,4-5,9,12-14H2,1H3,(H,24,28)(H,25,30). The highest BCUT2D eigenvalue weighted by atomic mass is 16.2. The number of aromatic amines is 1. The highest BCUT2D eigenvalue weighted by molar-refractivity contribution is 6.05. The number of carbonyl (C=O) groups excluding carboxylic acids is 1. The predicted octanol–water partition coefficient (Wildman–Crippen LogP) is 2.70. The van der Waals surface area contributed by atoms with E-state index in [1.807, 2.05) is 30.3 Å². The molecule has 7 nitrogen and oxygen atoms in total. The molecule has 0 unspecified atom stereocenters. The van der Waals surface area contributed by atoms with Crippen LogP contribution in [0.3, 0.4) is 0 Å². The zero-order valence-electron chi connectivity index (χ0n) is 17.1. The Morgan fingerprint density at radius 2 is 1.97 bits per heavy atom. The molecule has 0 spiro atoms. The summed E-state index contributed by atoms with van der Waals surface area (Å²) in [5, 5.41) is 2.92. The Balaban J connectivity index is 1.59. The molecule has 2 heterocycles. The maximum Gasteiger partial charge on any atom is 0.329 e. The Labute approximate surface area is 174 Å². The van der Waals surface area contributed by atoms with E-state index in [4.69, 9.17) is 0 Å². The first-order chi connectivity index (χ1) is 14.5. The third kappa shape index (κ3) is 4.01. The highest BCUT2D eigenvalue weighted by Gasteiger charge is 2.19. The number of nitrogens with zero attached hydrogens (tertiary/aromatic N) is 2. The number of aromatic nitrogens is 3. The molecule has 0 aliphatic heterocycles. The van der Waals surface area contributed by atoms with E-state index >= 15 is 0 Å². The van der Waals surface area contributed by atoms with E-state index in [2.05, 4.69) is 16.4 Å². The van der Waals surface area contributed by atoms with E-state index in [1.54, 1.807) is 17.8 Å². The van der Waals surface area contributed by atoms with Gasteiger partial charge in [-0.05, 0) is 37.7 Å². The van der Waals surface area contributed by atoms with Gasteiger partial charge < -0.3 is 14.9 Å². The molecule has 1 aliphatic carbocycles. The molecule has 30 heavy (non-hydrogen) atoms. The lowest BCUT2D eigenvalue weighted by Crippen LogP contribution is -2.36. The number of H-pyrrole nitrogens is 1. The van der Waals surface area contributed by atoms with Gasteiger partial charge >= 0.3 is 5.69 Å². The van der Waals surface area contributed by atoms with Crippen LogP contribution in [0.1, 0.15) is 48.0 Å². The smallest absolute Gasteiger partial charge is 0.329 e. The van der Waals surface area contributed by atoms with Crippen molar-refractivity contribution < 1.29 is 4.79 Å². The Morgan fingerprint density at radius 3 is 2.70 bits per heavy atom. The molecule has 2 aromatic heterocycles. The van der Waals surface area contributed by atoms with E-state index in [0.717, 1.165) is 29.4 Å². The van der Waals surface area contributed by atoms with Crippen molar-refractivity contribution in [1.29, 1.82) is 0 Å². The molecule has 4 rings (SSSR count). The van der Waals surface area contributed by atoms with Crippen LogP contribution in [0.15, 0.2) is 57.8 Å². The normalized spacial score (nSPS) is 14.0. The zero-order chi connectivity index (χ0) is 21.1. The second kappa shape index (κ2) is 8.57. The fourth-order valence-corrected chi connectivity index (χ4v) is 4.05. The molecule has 156 valence electrons. The number of hydrogen-bond acceptors (Lipinski definition) is 3. The molecule has 7 heteroatoms. The molecule has 0 bridgehead atoms. The lowest BCUT2D eigenvalue weighted by molar-refractivity contribution is 0.0955. The number of amides is 1. The third-order valence-corrected chi connectivity index (χ3v) is 5.65. The van der Waals surface area contributed by atoms with Crippen molar-refractivity contribution in [2.24, 2.45) is 7.05 Å². The van der Waals surface area contributed by atoms with Gasteiger partial charge in [-0.1, -0.05) is 42.0 Å². The summed E-state index contributed by atoms with van der Waals surface area (Å²) < 4.78 is 2.77. The summed E-state index contributed by atoms with van der Waals surface area (Å²) in [5.41, 5.74) is 2.21. The van der Waals surface area contributed by atoms with E-state index in [0.29, 0.717) is 17.6 Å². The Bertz CT molecular complexity index is 1210. The van der Waals surface area contributed by atoms with Crippen LogP contribution >= 0.6 is 0 Å². The topological polar surface area (TPSA) is 88.9 Å². The third-order valence-electron chi connectivity index (χ3n) is 5.65. The number of aryl methyl sites for hydroxylation is 1. The van der Waals surface area contributed by atoms with Crippen molar-refractivity contribution in [3.63, 3.8) is 0 Å². The summed E-state index contributed by atoms with van der Waals surface area (Å²) in [6, 6.07) is 9.33. The van der Waals surface area contributed by atoms with Crippen molar-refractivity contribution in [1.82, 2.24) is 19.4 Å². The summed E-state index contributed by atoms with van der Waals surface area (Å²) in [6.45, 7) is 0.711. The van der Waals surface area contributed by atoms with Gasteiger partial charge in [0.25, 0.3) is 11.5 Å². The molecule has 2 N–H and O–H groups in total. The van der Waals surface area contributed by atoms with E-state index < -0.39 is 11.2 Å². The minimum Gasteiger partial charge on any atom is -0.352 e. The number of carbonyl (C=O) groups is 1. The fourth-order valence-electron chi connectivity index (χ4n) is 4.05. The quantitative estimate of drug-likeness (QED) is 0.617. The summed E-state index contributed by atoms with van der Waals surface area (Å²) in [6.07, 6.45) is 9.35. The maximum atomic E-state index is 13.0. The van der Waals surface area contributed by atoms with E-state index in [9.17, 15) is 14.4 Å². The van der Waals surface area contributed by atoms with Gasteiger partial charge in [0.2, 0.25) is 0 Å². The first-order valence-corrected chi connectivity index (χ1v) is 10.4. The molecule has 0 fully saturated rings. The number of hydrogen-bond donors (Lipinski definition) is 2. The number of allylic oxidation sites excluding steroid dienone is 1. The molecular weight excluding hydrogens is 380 g/mol. The molecule has 0 radical (unpaired) electrons. The Morgan fingerprint density at radius 1 is 1.17 bits per heavy atom. The van der Waals surface area contributed by atoms with Gasteiger partial charge in [0.1, 0.15) is 5.52 Å². The van der Waals surface area contributed by atoms with Crippen LogP contribution in [0.2, 0.25) is 0 Å². The summed E-state index contributed by atoms with van der Waals surface area (Å²) >= 11 is 0. The Kier molecular flexibility index (Phi) is 5.70. The van der Waals surface area contributed by atoms with Gasteiger partial charge in [-0.25, -0.2) is 4.79 Å². The number of rotatable bonds is 6. The first-order valence-electron chi connectivity index (χ1n) is 10.4. The van der Waals surface area contributed by atoms with Gasteiger partial charge in [-0.15, -0.1) is 0 Å². The van der Waals surface area contributed by atoms with Crippen molar-refractivity contribution >= 4 is 16.9 Å². The monoisotopic (exact) mass is 406 g/mol. The van der Waals surface area contributed by atoms with Crippen molar-refractivity contribution in [3.8, 4) is 0 Å². The Hall–Kier alpha value is -3.35. The second-order valence-corrected chi connectivity index (χ2v) is 7.80. The molecule has 1 aliphatic rings. The first kappa shape index (κ1) is 19.9. The van der Waals surface area contributed by atoms with Gasteiger partial charge in [-0.3, -0.25) is 14.2 Å². The van der Waals surface area contributed by atoms with Gasteiger partial charge in [0.05, 0.1) is 17.6 Å². The molecule has 1 aromatic carbocycles. The van der Waals surface area contributed by atoms with Crippen molar-refractivity contribution in [2.75, 3.05) is 6.54 Å². The minimum absolute atomic E-state index is 0.173. The highest BCUT2D eigenvalue weighted by Crippen LogP contribution is 2.20. The molecular formula is C23H26N4O3. The predicted molar refractivity (Wildman–Crippen MR) is 117 cm³/mol. The lowest BCUT2D eigenvalue weighted by atomic mass is 9.97. The maximum absolute atomic E-state index is 13.0. The van der Waals surface area contributed by atoms with E-state index in [-0.39, 0.29) is 18.0 Å². The van der Waals surface area contributed by atoms with Gasteiger partial charge in [0, 0.05) is 19.8 Å². The summed E-state index contributed by atoms with van der Waals surface area (Å²) in [4.78, 5) is 41.1. The zero-order valence-corrected chi connectivity index (χ0v) is 17.1. The summed E-state index contributed by atoms with van der Waals surface area (Å²) in [7, 11) is 1.71. The SMILES string of the molecule is Cn1cc(C(=O)NCCC2=CCCCC2)c2[nH]c(=O)n(Cc3ccccc3)c(=O)c21. The molecule has 0 saturated carbocycles. The fraction of sp³-hybridized carbons (Fsp3) is 0.348. The second-order valence-electron chi connectivity index (χ2n) is 7.80. The lowest BCUT2D eigenvalue weighted by Gasteiger charge is -2.12. The number of nitrogens with one attached hydrogen (secondary N) is 2.